The average Bonchev–Trinajstić information content (AvgIpc) is 2.90. The first kappa shape index (κ1) is 15.5. The van der Waals surface area contributed by atoms with E-state index >= 15 is 0 Å². The number of aromatic nitrogens is 2. The van der Waals surface area contributed by atoms with E-state index in [-0.39, 0.29) is 12.5 Å². The van der Waals surface area contributed by atoms with Crippen LogP contribution in [-0.4, -0.2) is 32.3 Å². The lowest BCUT2D eigenvalue weighted by molar-refractivity contribution is -0.146. The molecule has 6 nitrogen and oxygen atoms in total. The standard InChI is InChI=1S/C17H21N3O3/c1-17(9-5-4-7-13(17)16(22)23)19-15(21)11-20-14-8-3-2-6-12(14)10-18-20/h2-3,6,8,10,13H,4-5,7,9,11H2,1H3,(H,19,21)(H,22,23). The van der Waals surface area contributed by atoms with Gasteiger partial charge in [-0.1, -0.05) is 31.0 Å². The summed E-state index contributed by atoms with van der Waals surface area (Å²) in [6.45, 7) is 1.93. The Balaban J connectivity index is 1.74. The number of amides is 1. The molecule has 2 atom stereocenters. The van der Waals surface area contributed by atoms with Gasteiger partial charge in [-0.05, 0) is 25.8 Å². The van der Waals surface area contributed by atoms with Crippen LogP contribution >= 0.6 is 0 Å². The van der Waals surface area contributed by atoms with E-state index in [0.717, 1.165) is 23.7 Å². The van der Waals surface area contributed by atoms with Crippen molar-refractivity contribution in [2.75, 3.05) is 0 Å². The summed E-state index contributed by atoms with van der Waals surface area (Å²) in [6.07, 6.45) is 4.86. The smallest absolute Gasteiger partial charge is 0.308 e. The number of benzene rings is 1. The lowest BCUT2D eigenvalue weighted by atomic mass is 9.74. The van der Waals surface area contributed by atoms with E-state index in [1.54, 1.807) is 10.9 Å². The van der Waals surface area contributed by atoms with Crippen molar-refractivity contribution < 1.29 is 14.7 Å². The monoisotopic (exact) mass is 315 g/mol. The number of carbonyl (C=O) groups excluding carboxylic acids is 1. The Morgan fingerprint density at radius 3 is 2.96 bits per heavy atom. The maximum atomic E-state index is 12.4. The van der Waals surface area contributed by atoms with Gasteiger partial charge in [0.25, 0.3) is 0 Å². The van der Waals surface area contributed by atoms with Crippen molar-refractivity contribution in [1.29, 1.82) is 0 Å². The zero-order valence-electron chi connectivity index (χ0n) is 13.2. The van der Waals surface area contributed by atoms with Gasteiger partial charge in [-0.3, -0.25) is 14.3 Å². The second-order valence-corrected chi connectivity index (χ2v) is 6.46. The van der Waals surface area contributed by atoms with E-state index < -0.39 is 17.4 Å². The molecule has 0 spiro atoms. The number of carboxylic acids is 1. The summed E-state index contributed by atoms with van der Waals surface area (Å²) in [7, 11) is 0. The van der Waals surface area contributed by atoms with Crippen molar-refractivity contribution in [3.05, 3.63) is 30.5 Å². The van der Waals surface area contributed by atoms with E-state index in [9.17, 15) is 14.7 Å². The Kier molecular flexibility index (Phi) is 4.07. The van der Waals surface area contributed by atoms with Gasteiger partial charge < -0.3 is 10.4 Å². The number of nitrogens with zero attached hydrogens (tertiary/aromatic N) is 2. The number of nitrogens with one attached hydrogen (secondary N) is 1. The molecule has 2 unspecified atom stereocenters. The van der Waals surface area contributed by atoms with Gasteiger partial charge in [0.15, 0.2) is 0 Å². The molecule has 1 heterocycles. The Labute approximate surface area is 134 Å². The van der Waals surface area contributed by atoms with E-state index in [4.69, 9.17) is 0 Å². The summed E-state index contributed by atoms with van der Waals surface area (Å²) < 4.78 is 1.65. The molecule has 1 fully saturated rings. The fourth-order valence-electron chi connectivity index (χ4n) is 3.53. The molecule has 3 rings (SSSR count). The Morgan fingerprint density at radius 1 is 1.39 bits per heavy atom. The molecule has 0 radical (unpaired) electrons. The summed E-state index contributed by atoms with van der Waals surface area (Å²) >= 11 is 0. The van der Waals surface area contributed by atoms with Gasteiger partial charge in [0.05, 0.1) is 23.2 Å². The first-order valence-corrected chi connectivity index (χ1v) is 7.94. The summed E-state index contributed by atoms with van der Waals surface area (Å²) in [5, 5.41) is 17.6. The van der Waals surface area contributed by atoms with Gasteiger partial charge in [-0.25, -0.2) is 0 Å². The highest BCUT2D eigenvalue weighted by Crippen LogP contribution is 2.33. The molecule has 1 aromatic heterocycles. The molecule has 1 aromatic carbocycles. The number of para-hydroxylation sites is 1. The van der Waals surface area contributed by atoms with Crippen LogP contribution in [0.15, 0.2) is 30.5 Å². The molecule has 6 heteroatoms. The first-order valence-electron chi connectivity index (χ1n) is 7.94. The highest BCUT2D eigenvalue weighted by Gasteiger charge is 2.42. The minimum atomic E-state index is -0.836. The molecule has 1 aliphatic rings. The van der Waals surface area contributed by atoms with Crippen LogP contribution < -0.4 is 5.32 Å². The zero-order valence-corrected chi connectivity index (χ0v) is 13.2. The van der Waals surface area contributed by atoms with Gasteiger partial charge in [-0.2, -0.15) is 5.10 Å². The maximum Gasteiger partial charge on any atom is 0.308 e. The highest BCUT2D eigenvalue weighted by atomic mass is 16.4. The fourth-order valence-corrected chi connectivity index (χ4v) is 3.53. The number of fused-ring (bicyclic) bond motifs is 1. The lowest BCUT2D eigenvalue weighted by Gasteiger charge is -2.39. The van der Waals surface area contributed by atoms with E-state index in [0.29, 0.717) is 12.8 Å². The minimum Gasteiger partial charge on any atom is -0.481 e. The van der Waals surface area contributed by atoms with Crippen LogP contribution in [0.2, 0.25) is 0 Å². The molecule has 1 amide bonds. The molecule has 1 saturated carbocycles. The van der Waals surface area contributed by atoms with Gasteiger partial charge in [0.1, 0.15) is 6.54 Å². The predicted octanol–water partition coefficient (Wildman–Crippen LogP) is 2.19. The Morgan fingerprint density at radius 2 is 2.17 bits per heavy atom. The molecular formula is C17H21N3O3. The number of rotatable bonds is 4. The van der Waals surface area contributed by atoms with Crippen molar-refractivity contribution in [2.45, 2.75) is 44.7 Å². The summed E-state index contributed by atoms with van der Waals surface area (Å²) in [5.41, 5.74) is 0.204. The zero-order chi connectivity index (χ0) is 16.4. The quantitative estimate of drug-likeness (QED) is 0.906. The molecule has 2 aromatic rings. The van der Waals surface area contributed by atoms with Crippen LogP contribution in [0.3, 0.4) is 0 Å². The number of hydrogen-bond donors (Lipinski definition) is 2. The third-order valence-corrected chi connectivity index (χ3v) is 4.78. The normalized spacial score (nSPS) is 24.5. The molecular weight excluding hydrogens is 294 g/mol. The van der Waals surface area contributed by atoms with E-state index in [1.165, 1.54) is 0 Å². The molecule has 0 bridgehead atoms. The third kappa shape index (κ3) is 3.06. The first-order chi connectivity index (χ1) is 11.0. The number of hydrogen-bond acceptors (Lipinski definition) is 3. The van der Waals surface area contributed by atoms with Gasteiger partial charge in [-0.15, -0.1) is 0 Å². The molecule has 122 valence electrons. The van der Waals surface area contributed by atoms with Gasteiger partial charge >= 0.3 is 5.97 Å². The van der Waals surface area contributed by atoms with Crippen LogP contribution in [-0.2, 0) is 16.1 Å². The summed E-state index contributed by atoms with van der Waals surface area (Å²) in [4.78, 5) is 23.9. The summed E-state index contributed by atoms with van der Waals surface area (Å²) in [6, 6.07) is 7.69. The number of aliphatic carboxylic acids is 1. The van der Waals surface area contributed by atoms with Crippen molar-refractivity contribution in [3.8, 4) is 0 Å². The lowest BCUT2D eigenvalue weighted by Crippen LogP contribution is -2.56. The minimum absolute atomic E-state index is 0.0927. The molecule has 2 N–H and O–H groups in total. The van der Waals surface area contributed by atoms with Gasteiger partial charge in [0, 0.05) is 5.39 Å². The van der Waals surface area contributed by atoms with Crippen LogP contribution in [0, 0.1) is 5.92 Å². The van der Waals surface area contributed by atoms with Crippen LogP contribution in [0.1, 0.15) is 32.6 Å². The van der Waals surface area contributed by atoms with Crippen LogP contribution in [0.4, 0.5) is 0 Å². The number of carboxylic acid groups (broad SMARTS) is 1. The van der Waals surface area contributed by atoms with Crippen molar-refractivity contribution >= 4 is 22.8 Å². The van der Waals surface area contributed by atoms with E-state index in [1.807, 2.05) is 31.2 Å². The average molecular weight is 315 g/mol. The predicted molar refractivity (Wildman–Crippen MR) is 85.9 cm³/mol. The Hall–Kier alpha value is -2.37. The molecule has 0 saturated heterocycles. The van der Waals surface area contributed by atoms with Crippen LogP contribution in [0.25, 0.3) is 10.9 Å². The second kappa shape index (κ2) is 6.02. The van der Waals surface area contributed by atoms with Crippen molar-refractivity contribution in [3.63, 3.8) is 0 Å². The molecule has 1 aliphatic carbocycles. The topological polar surface area (TPSA) is 84.2 Å². The van der Waals surface area contributed by atoms with Gasteiger partial charge in [0.2, 0.25) is 5.91 Å². The number of carbonyl (C=O) groups is 2. The molecule has 0 aliphatic heterocycles. The molecule has 23 heavy (non-hydrogen) atoms. The summed E-state index contributed by atoms with van der Waals surface area (Å²) in [5.74, 6) is -1.57. The third-order valence-electron chi connectivity index (χ3n) is 4.78. The fraction of sp³-hybridized carbons (Fsp3) is 0.471. The SMILES string of the molecule is CC1(NC(=O)Cn2ncc3ccccc32)CCCCC1C(=O)O. The van der Waals surface area contributed by atoms with Crippen molar-refractivity contribution in [1.82, 2.24) is 15.1 Å². The highest BCUT2D eigenvalue weighted by molar-refractivity contribution is 5.83. The van der Waals surface area contributed by atoms with Crippen LogP contribution in [0.5, 0.6) is 0 Å². The largest absolute Gasteiger partial charge is 0.481 e. The second-order valence-electron chi connectivity index (χ2n) is 6.46. The van der Waals surface area contributed by atoms with Crippen molar-refractivity contribution in [2.24, 2.45) is 5.92 Å². The Bertz CT molecular complexity index is 740. The maximum absolute atomic E-state index is 12.4. The van der Waals surface area contributed by atoms with E-state index in [2.05, 4.69) is 10.4 Å².